The van der Waals surface area contributed by atoms with E-state index in [1.165, 1.54) is 29.7 Å². The molecule has 0 bridgehead atoms. The van der Waals surface area contributed by atoms with Gasteiger partial charge in [-0.1, -0.05) is 28.1 Å². The van der Waals surface area contributed by atoms with Crippen molar-refractivity contribution in [1.29, 1.82) is 0 Å². The van der Waals surface area contributed by atoms with Crippen LogP contribution >= 0.6 is 15.9 Å². The number of nitrogens with one attached hydrogen (secondary N) is 1. The fraction of sp³-hybridized carbons (Fsp3) is 0.412. The van der Waals surface area contributed by atoms with Gasteiger partial charge in [-0.15, -0.1) is 0 Å². The Morgan fingerprint density at radius 1 is 1.30 bits per heavy atom. The molecule has 0 saturated carbocycles. The molecule has 0 fully saturated rings. The molecule has 1 aliphatic rings. The van der Waals surface area contributed by atoms with E-state index < -0.39 is 0 Å². The highest BCUT2D eigenvalue weighted by Crippen LogP contribution is 2.30. The average molecular weight is 334 g/mol. The minimum Gasteiger partial charge on any atom is -0.469 e. The van der Waals surface area contributed by atoms with Crippen LogP contribution in [0, 0.1) is 0 Å². The van der Waals surface area contributed by atoms with Crippen LogP contribution in [0.4, 0.5) is 0 Å². The summed E-state index contributed by atoms with van der Waals surface area (Å²) in [6.07, 6.45) is 6.38. The van der Waals surface area contributed by atoms with Gasteiger partial charge in [-0.05, 0) is 49.9 Å². The first-order valence-corrected chi connectivity index (χ1v) is 8.08. The molecule has 2 unspecified atom stereocenters. The number of hydrogen-bond donors (Lipinski definition) is 1. The summed E-state index contributed by atoms with van der Waals surface area (Å²) in [5.41, 5.74) is 2.73. The van der Waals surface area contributed by atoms with Crippen molar-refractivity contribution >= 4 is 15.9 Å². The fourth-order valence-corrected chi connectivity index (χ4v) is 3.30. The Kier molecular flexibility index (Phi) is 4.27. The number of halogens is 1. The molecule has 0 aliphatic heterocycles. The Balaban J connectivity index is 1.62. The Hall–Kier alpha value is -1.06. The Morgan fingerprint density at radius 2 is 2.10 bits per heavy atom. The lowest BCUT2D eigenvalue weighted by atomic mass is 9.92. The summed E-state index contributed by atoms with van der Waals surface area (Å²) in [6.45, 7) is 2.26. The van der Waals surface area contributed by atoms with Gasteiger partial charge in [0, 0.05) is 28.5 Å². The third-order valence-corrected chi connectivity index (χ3v) is 4.52. The molecule has 1 aromatic carbocycles. The largest absolute Gasteiger partial charge is 0.469 e. The van der Waals surface area contributed by atoms with E-state index in [0.717, 1.165) is 17.3 Å². The maximum absolute atomic E-state index is 5.55. The van der Waals surface area contributed by atoms with Crippen LogP contribution in [0.2, 0.25) is 0 Å². The summed E-state index contributed by atoms with van der Waals surface area (Å²) in [5.74, 6) is 1.17. The van der Waals surface area contributed by atoms with Gasteiger partial charge >= 0.3 is 0 Å². The number of hydrogen-bond acceptors (Lipinski definition) is 2. The van der Waals surface area contributed by atoms with Gasteiger partial charge in [0.05, 0.1) is 6.26 Å². The van der Waals surface area contributed by atoms with Crippen molar-refractivity contribution in [3.63, 3.8) is 0 Å². The monoisotopic (exact) mass is 333 g/mol. The SMILES string of the molecule is CC(Cc1ccc(Br)cc1)NC1CCCc2occc21. The fourth-order valence-electron chi connectivity index (χ4n) is 3.04. The number of furan rings is 1. The Morgan fingerprint density at radius 3 is 2.90 bits per heavy atom. The van der Waals surface area contributed by atoms with Crippen LogP contribution in [0.3, 0.4) is 0 Å². The molecular formula is C17H20BrNO. The highest BCUT2D eigenvalue weighted by atomic mass is 79.9. The first-order chi connectivity index (χ1) is 9.72. The van der Waals surface area contributed by atoms with Crippen molar-refractivity contribution in [1.82, 2.24) is 5.32 Å². The lowest BCUT2D eigenvalue weighted by Gasteiger charge is -2.26. The van der Waals surface area contributed by atoms with Gasteiger partial charge in [0.1, 0.15) is 5.76 Å². The second-order valence-electron chi connectivity index (χ2n) is 5.64. The summed E-state index contributed by atoms with van der Waals surface area (Å²) in [4.78, 5) is 0. The highest BCUT2D eigenvalue weighted by molar-refractivity contribution is 9.10. The highest BCUT2D eigenvalue weighted by Gasteiger charge is 2.23. The van der Waals surface area contributed by atoms with Crippen LogP contribution in [0.15, 0.2) is 45.5 Å². The van der Waals surface area contributed by atoms with Gasteiger partial charge < -0.3 is 9.73 Å². The van der Waals surface area contributed by atoms with Crippen molar-refractivity contribution in [3.8, 4) is 0 Å². The molecular weight excluding hydrogens is 314 g/mol. The molecule has 0 saturated heterocycles. The van der Waals surface area contributed by atoms with E-state index in [2.05, 4.69) is 58.5 Å². The molecule has 1 aliphatic carbocycles. The van der Waals surface area contributed by atoms with E-state index >= 15 is 0 Å². The van der Waals surface area contributed by atoms with E-state index in [1.54, 1.807) is 0 Å². The molecule has 0 spiro atoms. The van der Waals surface area contributed by atoms with Crippen molar-refractivity contribution in [3.05, 3.63) is 58.0 Å². The predicted molar refractivity (Wildman–Crippen MR) is 84.8 cm³/mol. The molecule has 2 aromatic rings. The van der Waals surface area contributed by atoms with E-state index in [9.17, 15) is 0 Å². The van der Waals surface area contributed by atoms with Gasteiger partial charge in [-0.3, -0.25) is 0 Å². The van der Waals surface area contributed by atoms with Gasteiger partial charge in [-0.2, -0.15) is 0 Å². The zero-order chi connectivity index (χ0) is 13.9. The molecule has 1 N–H and O–H groups in total. The summed E-state index contributed by atoms with van der Waals surface area (Å²) >= 11 is 3.48. The van der Waals surface area contributed by atoms with Crippen molar-refractivity contribution in [2.24, 2.45) is 0 Å². The lowest BCUT2D eigenvalue weighted by molar-refractivity contribution is 0.380. The molecule has 3 heteroatoms. The van der Waals surface area contributed by atoms with Crippen molar-refractivity contribution < 1.29 is 4.42 Å². The second-order valence-corrected chi connectivity index (χ2v) is 6.56. The smallest absolute Gasteiger partial charge is 0.108 e. The second kappa shape index (κ2) is 6.15. The number of fused-ring (bicyclic) bond motifs is 1. The van der Waals surface area contributed by atoms with Crippen LogP contribution in [-0.4, -0.2) is 6.04 Å². The summed E-state index contributed by atoms with van der Waals surface area (Å²) in [7, 11) is 0. The third kappa shape index (κ3) is 3.15. The number of benzene rings is 1. The molecule has 3 rings (SSSR count). The Bertz CT molecular complexity index is 561. The van der Waals surface area contributed by atoms with Crippen molar-refractivity contribution in [2.75, 3.05) is 0 Å². The zero-order valence-electron chi connectivity index (χ0n) is 11.7. The minimum absolute atomic E-state index is 0.447. The van der Waals surface area contributed by atoms with E-state index in [-0.39, 0.29) is 0 Å². The quantitative estimate of drug-likeness (QED) is 0.881. The van der Waals surface area contributed by atoms with E-state index in [4.69, 9.17) is 4.42 Å². The number of aryl methyl sites for hydroxylation is 1. The third-order valence-electron chi connectivity index (χ3n) is 3.99. The molecule has 2 nitrogen and oxygen atoms in total. The zero-order valence-corrected chi connectivity index (χ0v) is 13.3. The van der Waals surface area contributed by atoms with Gasteiger partial charge in [0.25, 0.3) is 0 Å². The predicted octanol–water partition coefficient (Wildman–Crippen LogP) is 4.64. The molecule has 0 amide bonds. The van der Waals surface area contributed by atoms with E-state index in [1.807, 2.05) is 6.26 Å². The van der Waals surface area contributed by atoms with Crippen LogP contribution in [0.25, 0.3) is 0 Å². The van der Waals surface area contributed by atoms with Gasteiger partial charge in [-0.25, -0.2) is 0 Å². The normalized spacial score (nSPS) is 19.6. The first-order valence-electron chi connectivity index (χ1n) is 7.29. The molecule has 2 atom stereocenters. The lowest BCUT2D eigenvalue weighted by Crippen LogP contribution is -2.33. The summed E-state index contributed by atoms with van der Waals surface area (Å²) in [5, 5.41) is 3.75. The van der Waals surface area contributed by atoms with Crippen LogP contribution in [0.1, 0.15) is 42.7 Å². The van der Waals surface area contributed by atoms with Gasteiger partial charge in [0.15, 0.2) is 0 Å². The maximum atomic E-state index is 5.55. The average Bonchev–Trinajstić information content (AvgIpc) is 2.91. The topological polar surface area (TPSA) is 25.2 Å². The van der Waals surface area contributed by atoms with Crippen LogP contribution in [-0.2, 0) is 12.8 Å². The maximum Gasteiger partial charge on any atom is 0.108 e. The van der Waals surface area contributed by atoms with Crippen LogP contribution < -0.4 is 5.32 Å². The van der Waals surface area contributed by atoms with Gasteiger partial charge in [0.2, 0.25) is 0 Å². The summed E-state index contributed by atoms with van der Waals surface area (Å²) in [6, 6.07) is 11.6. The summed E-state index contributed by atoms with van der Waals surface area (Å²) < 4.78 is 6.69. The van der Waals surface area contributed by atoms with E-state index in [0.29, 0.717) is 12.1 Å². The molecule has 0 radical (unpaired) electrons. The number of rotatable bonds is 4. The Labute approximate surface area is 128 Å². The minimum atomic E-state index is 0.447. The molecule has 20 heavy (non-hydrogen) atoms. The standard InChI is InChI=1S/C17H20BrNO/c1-12(11-13-5-7-14(18)8-6-13)19-16-3-2-4-17-15(16)9-10-20-17/h5-10,12,16,19H,2-4,11H2,1H3. The molecule has 1 heterocycles. The van der Waals surface area contributed by atoms with Crippen LogP contribution in [0.5, 0.6) is 0 Å². The molecule has 106 valence electrons. The van der Waals surface area contributed by atoms with Crippen molar-refractivity contribution in [2.45, 2.75) is 44.7 Å². The molecule has 1 aromatic heterocycles. The first kappa shape index (κ1) is 13.9.